The molecule has 2 N–H and O–H groups in total. The van der Waals surface area contributed by atoms with E-state index in [2.05, 4.69) is 71.6 Å². The van der Waals surface area contributed by atoms with E-state index in [0.717, 1.165) is 61.2 Å². The molecule has 0 heterocycles. The number of nitrogens with zero attached hydrogens (tertiary/aromatic N) is 2. The second kappa shape index (κ2) is 14.4. The molecule has 0 aromatic heterocycles. The van der Waals surface area contributed by atoms with Gasteiger partial charge in [-0.1, -0.05) is 45.9 Å². The lowest BCUT2D eigenvalue weighted by Crippen LogP contribution is -2.24. The molecule has 0 aliphatic rings. The van der Waals surface area contributed by atoms with Crippen LogP contribution in [0.25, 0.3) is 16.8 Å². The number of rotatable bonds is 10. The first-order valence-electron chi connectivity index (χ1n) is 12.3. The van der Waals surface area contributed by atoms with E-state index in [-0.39, 0.29) is 11.2 Å². The van der Waals surface area contributed by atoms with Crippen molar-refractivity contribution < 1.29 is 9.53 Å². The van der Waals surface area contributed by atoms with Crippen molar-refractivity contribution >= 4 is 28.4 Å². The van der Waals surface area contributed by atoms with Crippen molar-refractivity contribution in [1.82, 2.24) is 0 Å². The van der Waals surface area contributed by atoms with Crippen LogP contribution in [0.15, 0.2) is 42.0 Å². The molecule has 34 heavy (non-hydrogen) atoms. The molecule has 0 unspecified atom stereocenters. The molecule has 2 rings (SSSR count). The second-order valence-corrected chi connectivity index (χ2v) is 9.96. The van der Waals surface area contributed by atoms with Crippen LogP contribution >= 0.6 is 0 Å². The Balaban J connectivity index is 0.000000489. The van der Waals surface area contributed by atoms with Gasteiger partial charge in [-0.3, -0.25) is 4.79 Å². The van der Waals surface area contributed by atoms with Crippen LogP contribution in [0.1, 0.15) is 73.3 Å². The molecule has 0 fully saturated rings. The summed E-state index contributed by atoms with van der Waals surface area (Å²) >= 11 is 0. The molecule has 0 atom stereocenters. The monoisotopic (exact) mass is 465 g/mol. The Morgan fingerprint density at radius 2 is 1.68 bits per heavy atom. The lowest BCUT2D eigenvalue weighted by atomic mass is 10.0. The lowest BCUT2D eigenvalue weighted by molar-refractivity contribution is -0.114. The predicted octanol–water partition coefficient (Wildman–Crippen LogP) is 6.71. The molecular weight excluding hydrogens is 422 g/mol. The highest BCUT2D eigenvalue weighted by molar-refractivity contribution is 6.01. The standard InChI is InChI=1S/C20H23N3O.C9H20O/c1-3-9-23(10-4-2)19-8-7-16-11-15(5-6-17(16)13-19)12-18(14-21)20(22)24;1-8(2)6-7-10-9(3,4)5/h5-8,11-13H,3-4,9-10H2,1-2H3,(H2,22,24);8H,6-7H2,1-5H3/b18-12+;. The molecule has 1 amide bonds. The fourth-order valence-corrected chi connectivity index (χ4v) is 3.37. The number of primary amides is 1. The van der Waals surface area contributed by atoms with Crippen LogP contribution in [0.2, 0.25) is 0 Å². The van der Waals surface area contributed by atoms with Crippen molar-refractivity contribution in [2.24, 2.45) is 11.7 Å². The molecule has 5 heteroatoms. The Morgan fingerprint density at radius 3 is 2.18 bits per heavy atom. The average Bonchev–Trinajstić information content (AvgIpc) is 2.76. The molecule has 2 aromatic rings. The molecule has 5 nitrogen and oxygen atoms in total. The van der Waals surface area contributed by atoms with E-state index < -0.39 is 5.91 Å². The Bertz CT molecular complexity index is 975. The van der Waals surface area contributed by atoms with Crippen molar-refractivity contribution in [3.05, 3.63) is 47.5 Å². The fraction of sp³-hybridized carbons (Fsp3) is 0.517. The summed E-state index contributed by atoms with van der Waals surface area (Å²) in [5.41, 5.74) is 7.20. The molecule has 0 bridgehead atoms. The molecule has 0 spiro atoms. The van der Waals surface area contributed by atoms with Gasteiger partial charge >= 0.3 is 0 Å². The predicted molar refractivity (Wildman–Crippen MR) is 145 cm³/mol. The number of ether oxygens (including phenoxy) is 1. The number of carbonyl (C=O) groups excluding carboxylic acids is 1. The minimum atomic E-state index is -0.706. The largest absolute Gasteiger partial charge is 0.376 e. The highest BCUT2D eigenvalue weighted by Gasteiger charge is 2.09. The highest BCUT2D eigenvalue weighted by atomic mass is 16.5. The van der Waals surface area contributed by atoms with Gasteiger partial charge in [0.15, 0.2) is 0 Å². The van der Waals surface area contributed by atoms with E-state index >= 15 is 0 Å². The van der Waals surface area contributed by atoms with E-state index in [9.17, 15) is 4.79 Å². The van der Waals surface area contributed by atoms with Crippen LogP contribution in [-0.4, -0.2) is 31.2 Å². The van der Waals surface area contributed by atoms with Crippen LogP contribution in [-0.2, 0) is 9.53 Å². The Morgan fingerprint density at radius 1 is 1.09 bits per heavy atom. The van der Waals surface area contributed by atoms with Crippen molar-refractivity contribution in [1.29, 1.82) is 5.26 Å². The van der Waals surface area contributed by atoms with Crippen molar-refractivity contribution in [2.45, 2.75) is 73.3 Å². The number of hydrogen-bond donors (Lipinski definition) is 1. The SMILES string of the molecule is CC(C)CCOC(C)(C)C.CCCN(CCC)c1ccc2cc(/C=C(\C#N)C(N)=O)ccc2c1. The fourth-order valence-electron chi connectivity index (χ4n) is 3.37. The van der Waals surface area contributed by atoms with Crippen molar-refractivity contribution in [3.63, 3.8) is 0 Å². The third kappa shape index (κ3) is 10.9. The van der Waals surface area contributed by atoms with Gasteiger partial charge < -0.3 is 15.4 Å². The summed E-state index contributed by atoms with van der Waals surface area (Å²) in [6.45, 7) is 18.1. The van der Waals surface area contributed by atoms with Crippen molar-refractivity contribution in [3.8, 4) is 6.07 Å². The molecule has 0 saturated heterocycles. The number of hydrogen-bond acceptors (Lipinski definition) is 4. The average molecular weight is 466 g/mol. The molecule has 0 saturated carbocycles. The van der Waals surface area contributed by atoms with Gasteiger partial charge in [0.25, 0.3) is 5.91 Å². The summed E-state index contributed by atoms with van der Waals surface area (Å²) < 4.78 is 5.54. The van der Waals surface area contributed by atoms with E-state index in [1.165, 1.54) is 11.8 Å². The van der Waals surface area contributed by atoms with Gasteiger partial charge in [0.2, 0.25) is 0 Å². The summed E-state index contributed by atoms with van der Waals surface area (Å²) in [5.74, 6) is 0.0464. The third-order valence-corrected chi connectivity index (χ3v) is 5.13. The maximum atomic E-state index is 11.2. The smallest absolute Gasteiger partial charge is 0.259 e. The van der Waals surface area contributed by atoms with Crippen LogP contribution in [0.5, 0.6) is 0 Å². The van der Waals surface area contributed by atoms with Gasteiger partial charge in [-0.15, -0.1) is 0 Å². The molecule has 186 valence electrons. The maximum absolute atomic E-state index is 11.2. The van der Waals surface area contributed by atoms with Crippen LogP contribution < -0.4 is 10.6 Å². The van der Waals surface area contributed by atoms with E-state index in [0.29, 0.717) is 0 Å². The Hall–Kier alpha value is -2.84. The number of amides is 1. The summed E-state index contributed by atoms with van der Waals surface area (Å²) in [5, 5.41) is 11.2. The Labute approximate surface area is 206 Å². The lowest BCUT2D eigenvalue weighted by Gasteiger charge is -2.24. The zero-order valence-corrected chi connectivity index (χ0v) is 22.1. The zero-order valence-electron chi connectivity index (χ0n) is 22.1. The van der Waals surface area contributed by atoms with Gasteiger partial charge in [-0.05, 0) is 86.6 Å². The van der Waals surface area contributed by atoms with E-state index in [4.69, 9.17) is 15.7 Å². The first-order chi connectivity index (χ1) is 16.0. The number of nitrogens with two attached hydrogens (primary N) is 1. The molecule has 0 radical (unpaired) electrons. The minimum Gasteiger partial charge on any atom is -0.376 e. The zero-order chi connectivity index (χ0) is 25.7. The summed E-state index contributed by atoms with van der Waals surface area (Å²) in [7, 11) is 0. The van der Waals surface area contributed by atoms with Crippen molar-refractivity contribution in [2.75, 3.05) is 24.6 Å². The maximum Gasteiger partial charge on any atom is 0.259 e. The number of benzene rings is 2. The normalized spacial score (nSPS) is 11.7. The third-order valence-electron chi connectivity index (χ3n) is 5.13. The van der Waals surface area contributed by atoms with E-state index in [1.807, 2.05) is 24.3 Å². The van der Waals surface area contributed by atoms with E-state index in [1.54, 1.807) is 0 Å². The van der Waals surface area contributed by atoms with Crippen LogP contribution in [0.4, 0.5) is 5.69 Å². The topological polar surface area (TPSA) is 79.3 Å². The highest BCUT2D eigenvalue weighted by Crippen LogP contribution is 2.24. The first kappa shape index (κ1) is 29.2. The number of carbonyl (C=O) groups is 1. The number of fused-ring (bicyclic) bond motifs is 1. The summed E-state index contributed by atoms with van der Waals surface area (Å²) in [6, 6.07) is 14.1. The number of nitriles is 1. The molecule has 2 aromatic carbocycles. The van der Waals surface area contributed by atoms with Gasteiger partial charge in [0.1, 0.15) is 11.6 Å². The molecule has 0 aliphatic heterocycles. The Kier molecular flexibility index (Phi) is 12.4. The van der Waals surface area contributed by atoms with Crippen LogP contribution in [0, 0.1) is 17.2 Å². The van der Waals surface area contributed by atoms with Gasteiger partial charge in [-0.25, -0.2) is 0 Å². The second-order valence-electron chi connectivity index (χ2n) is 9.96. The summed E-state index contributed by atoms with van der Waals surface area (Å²) in [6.07, 6.45) is 4.92. The van der Waals surface area contributed by atoms with Gasteiger partial charge in [0, 0.05) is 25.4 Å². The molecule has 0 aliphatic carbocycles. The quantitative estimate of drug-likeness (QED) is 0.312. The number of anilines is 1. The molecular formula is C29H43N3O2. The minimum absolute atomic E-state index is 0.0366. The summed E-state index contributed by atoms with van der Waals surface area (Å²) in [4.78, 5) is 13.6. The first-order valence-corrected chi connectivity index (χ1v) is 12.3. The van der Waals surface area contributed by atoms with Gasteiger partial charge in [0.05, 0.1) is 5.60 Å². The van der Waals surface area contributed by atoms with Gasteiger partial charge in [-0.2, -0.15) is 5.26 Å². The van der Waals surface area contributed by atoms with Crippen LogP contribution in [0.3, 0.4) is 0 Å².